The van der Waals surface area contributed by atoms with Gasteiger partial charge in [0.05, 0.1) is 5.92 Å². The second kappa shape index (κ2) is 3.39. The van der Waals surface area contributed by atoms with Crippen LogP contribution in [0.15, 0.2) is 0 Å². The van der Waals surface area contributed by atoms with E-state index in [2.05, 4.69) is 0 Å². The molecule has 1 amide bonds. The highest BCUT2D eigenvalue weighted by Gasteiger charge is 2.78. The smallest absolute Gasteiger partial charge is 0.410 e. The summed E-state index contributed by atoms with van der Waals surface area (Å²) in [5.74, 6) is -1.10. The number of nitrogens with zero attached hydrogens (tertiary/aromatic N) is 1. The summed E-state index contributed by atoms with van der Waals surface area (Å²) in [6.45, 7) is 10.3. The van der Waals surface area contributed by atoms with Crippen LogP contribution < -0.4 is 0 Å². The number of hydrogen-bond acceptors (Lipinski definition) is 3. The minimum absolute atomic E-state index is 0.310. The summed E-state index contributed by atoms with van der Waals surface area (Å²) in [4.78, 5) is 24.7. The van der Waals surface area contributed by atoms with Gasteiger partial charge in [-0.25, -0.2) is 4.79 Å². The van der Waals surface area contributed by atoms with Gasteiger partial charge in [-0.15, -0.1) is 0 Å². The van der Waals surface area contributed by atoms with Crippen molar-refractivity contribution in [2.75, 3.05) is 13.1 Å². The van der Waals surface area contributed by atoms with Crippen molar-refractivity contribution in [2.24, 2.45) is 16.7 Å². The van der Waals surface area contributed by atoms with Crippen LogP contribution >= 0.6 is 0 Å². The quantitative estimate of drug-likeness (QED) is 0.777. The molecular weight excluding hydrogens is 234 g/mol. The minimum atomic E-state index is -0.760. The summed E-state index contributed by atoms with van der Waals surface area (Å²) >= 11 is 0. The van der Waals surface area contributed by atoms with E-state index in [0.717, 1.165) is 0 Å². The van der Waals surface area contributed by atoms with Crippen molar-refractivity contribution in [1.82, 2.24) is 4.90 Å². The molecule has 102 valence electrons. The summed E-state index contributed by atoms with van der Waals surface area (Å²) in [6, 6.07) is 0. The van der Waals surface area contributed by atoms with Gasteiger partial charge in [-0.05, 0) is 20.8 Å². The molecule has 1 saturated carbocycles. The van der Waals surface area contributed by atoms with Crippen LogP contribution in [0.25, 0.3) is 0 Å². The first-order valence-electron chi connectivity index (χ1n) is 6.22. The zero-order valence-corrected chi connectivity index (χ0v) is 11.6. The molecule has 3 atom stereocenters. The molecule has 1 saturated heterocycles. The maximum Gasteiger partial charge on any atom is 0.410 e. The predicted molar refractivity (Wildman–Crippen MR) is 65.1 cm³/mol. The van der Waals surface area contributed by atoms with Crippen molar-refractivity contribution in [3.05, 3.63) is 0 Å². The summed E-state index contributed by atoms with van der Waals surface area (Å²) in [7, 11) is 0. The first kappa shape index (κ1) is 13.2. The van der Waals surface area contributed by atoms with Gasteiger partial charge >= 0.3 is 12.1 Å². The number of hydrogen-bond donors (Lipinski definition) is 1. The van der Waals surface area contributed by atoms with E-state index in [-0.39, 0.29) is 22.8 Å². The highest BCUT2D eigenvalue weighted by atomic mass is 16.6. The van der Waals surface area contributed by atoms with Crippen LogP contribution in [0.2, 0.25) is 0 Å². The van der Waals surface area contributed by atoms with Gasteiger partial charge in [0.2, 0.25) is 0 Å². The average molecular weight is 255 g/mol. The normalized spacial score (nSPS) is 38.3. The molecule has 1 aliphatic heterocycles. The molecular formula is C13H21NO4. The number of carboxylic acids is 1. The highest BCUT2D eigenvalue weighted by molar-refractivity contribution is 5.79. The third-order valence-corrected chi connectivity index (χ3v) is 4.43. The van der Waals surface area contributed by atoms with E-state index in [1.807, 2.05) is 34.6 Å². The summed E-state index contributed by atoms with van der Waals surface area (Å²) in [5, 5.41) is 9.17. The van der Waals surface area contributed by atoms with Crippen molar-refractivity contribution >= 4 is 12.1 Å². The van der Waals surface area contributed by atoms with Crippen LogP contribution in [0, 0.1) is 16.7 Å². The number of ether oxygens (including phenoxy) is 1. The Morgan fingerprint density at radius 3 is 2.00 bits per heavy atom. The third kappa shape index (κ3) is 1.68. The van der Waals surface area contributed by atoms with Crippen LogP contribution in [0.4, 0.5) is 4.79 Å². The van der Waals surface area contributed by atoms with E-state index < -0.39 is 11.6 Å². The molecule has 0 radical (unpaired) electrons. The van der Waals surface area contributed by atoms with Crippen LogP contribution in [0.1, 0.15) is 34.6 Å². The van der Waals surface area contributed by atoms with E-state index in [9.17, 15) is 9.59 Å². The van der Waals surface area contributed by atoms with E-state index in [0.29, 0.717) is 13.1 Å². The van der Waals surface area contributed by atoms with Crippen LogP contribution in [-0.4, -0.2) is 40.8 Å². The lowest BCUT2D eigenvalue weighted by Gasteiger charge is -2.27. The molecule has 2 rings (SSSR count). The second-order valence-electron chi connectivity index (χ2n) is 6.94. The molecule has 1 heterocycles. The molecule has 1 aliphatic carbocycles. The lowest BCUT2D eigenvalue weighted by atomic mass is 10.0. The minimum Gasteiger partial charge on any atom is -0.481 e. The van der Waals surface area contributed by atoms with Crippen molar-refractivity contribution < 1.29 is 19.4 Å². The molecule has 0 aromatic heterocycles. The Bertz CT molecular complexity index is 396. The van der Waals surface area contributed by atoms with Gasteiger partial charge in [-0.2, -0.15) is 0 Å². The van der Waals surface area contributed by atoms with Crippen LogP contribution in [0.5, 0.6) is 0 Å². The zero-order chi connectivity index (χ0) is 13.9. The number of rotatable bonds is 1. The summed E-state index contributed by atoms with van der Waals surface area (Å²) in [5.41, 5.74) is -1.14. The Balaban J connectivity index is 2.05. The Labute approximate surface area is 107 Å². The van der Waals surface area contributed by atoms with E-state index in [1.54, 1.807) is 4.90 Å². The standard InChI is InChI=1S/C13H21NO4/c1-11(2,3)18-10(17)14-6-12(4)8(9(15)16)13(12,5)7-14/h8H,6-7H2,1-5H3,(H,15,16)/t8-,12-,13+. The molecule has 0 aromatic carbocycles. The molecule has 0 unspecified atom stereocenters. The fourth-order valence-electron chi connectivity index (χ4n) is 3.35. The Hall–Kier alpha value is -1.26. The molecule has 0 bridgehead atoms. The largest absolute Gasteiger partial charge is 0.481 e. The number of amides is 1. The Kier molecular flexibility index (Phi) is 2.49. The lowest BCUT2D eigenvalue weighted by Crippen LogP contribution is -2.39. The van der Waals surface area contributed by atoms with Crippen molar-refractivity contribution in [2.45, 2.75) is 40.2 Å². The van der Waals surface area contributed by atoms with Gasteiger partial charge in [-0.1, -0.05) is 13.8 Å². The summed E-state index contributed by atoms with van der Waals surface area (Å²) in [6.07, 6.45) is -0.346. The van der Waals surface area contributed by atoms with Crippen molar-refractivity contribution in [3.63, 3.8) is 0 Å². The SMILES string of the molecule is CC(C)(C)OC(=O)N1C[C@@]2(C)[C@H](C(=O)O)[C@@]2(C)C1. The summed E-state index contributed by atoms with van der Waals surface area (Å²) < 4.78 is 5.32. The number of aliphatic carboxylic acids is 1. The van der Waals surface area contributed by atoms with Gasteiger partial charge in [0.15, 0.2) is 0 Å². The van der Waals surface area contributed by atoms with Gasteiger partial charge in [-0.3, -0.25) is 4.79 Å². The van der Waals surface area contributed by atoms with Gasteiger partial charge in [0.25, 0.3) is 0 Å². The number of carboxylic acid groups (broad SMARTS) is 1. The highest BCUT2D eigenvalue weighted by Crippen LogP contribution is 2.72. The maximum absolute atomic E-state index is 11.9. The Morgan fingerprint density at radius 2 is 1.67 bits per heavy atom. The van der Waals surface area contributed by atoms with Crippen LogP contribution in [0.3, 0.4) is 0 Å². The number of carbonyl (C=O) groups is 2. The predicted octanol–water partition coefficient (Wildman–Crippen LogP) is 1.96. The molecule has 2 fully saturated rings. The van der Waals surface area contributed by atoms with E-state index in [4.69, 9.17) is 9.84 Å². The second-order valence-corrected chi connectivity index (χ2v) is 6.94. The first-order chi connectivity index (χ1) is 8.01. The fourth-order valence-corrected chi connectivity index (χ4v) is 3.35. The van der Waals surface area contributed by atoms with E-state index in [1.165, 1.54) is 0 Å². The molecule has 18 heavy (non-hydrogen) atoms. The molecule has 0 aromatic rings. The fraction of sp³-hybridized carbons (Fsp3) is 0.846. The monoisotopic (exact) mass is 255 g/mol. The van der Waals surface area contributed by atoms with Gasteiger partial charge in [0, 0.05) is 23.9 Å². The number of piperidine rings is 1. The van der Waals surface area contributed by atoms with Crippen LogP contribution in [-0.2, 0) is 9.53 Å². The zero-order valence-electron chi connectivity index (χ0n) is 11.6. The Morgan fingerprint density at radius 1 is 1.22 bits per heavy atom. The molecule has 5 heteroatoms. The maximum atomic E-state index is 11.9. The molecule has 1 N–H and O–H groups in total. The average Bonchev–Trinajstić information content (AvgIpc) is 2.44. The molecule has 0 spiro atoms. The number of likely N-dealkylation sites (tertiary alicyclic amines) is 1. The molecule has 5 nitrogen and oxygen atoms in total. The van der Waals surface area contributed by atoms with Crippen molar-refractivity contribution in [1.29, 1.82) is 0 Å². The third-order valence-electron chi connectivity index (χ3n) is 4.43. The van der Waals surface area contributed by atoms with Gasteiger partial charge in [0.1, 0.15) is 5.60 Å². The first-order valence-corrected chi connectivity index (χ1v) is 6.22. The number of carbonyl (C=O) groups excluding carboxylic acids is 1. The lowest BCUT2D eigenvalue weighted by molar-refractivity contribution is -0.140. The van der Waals surface area contributed by atoms with E-state index >= 15 is 0 Å². The van der Waals surface area contributed by atoms with Crippen molar-refractivity contribution in [3.8, 4) is 0 Å². The molecule has 2 aliphatic rings. The number of fused-ring (bicyclic) bond motifs is 1. The van der Waals surface area contributed by atoms with Gasteiger partial charge < -0.3 is 14.7 Å². The topological polar surface area (TPSA) is 66.8 Å².